The van der Waals surface area contributed by atoms with E-state index in [0.29, 0.717) is 13.0 Å². The predicted octanol–water partition coefficient (Wildman–Crippen LogP) is 2.79. The maximum atomic E-state index is 12.0. The minimum Gasteiger partial charge on any atom is -0.396 e. The number of hydrogen-bond acceptors (Lipinski definition) is 3. The molecule has 1 aromatic carbocycles. The molecule has 7 heteroatoms. The first-order valence-corrected chi connectivity index (χ1v) is 8.58. The van der Waals surface area contributed by atoms with E-state index in [2.05, 4.69) is 20.7 Å². The van der Waals surface area contributed by atoms with Gasteiger partial charge in [-0.2, -0.15) is 0 Å². The zero-order chi connectivity index (χ0) is 14.5. The van der Waals surface area contributed by atoms with Crippen LogP contribution in [0.4, 0.5) is 0 Å². The van der Waals surface area contributed by atoms with Crippen molar-refractivity contribution in [2.75, 3.05) is 13.2 Å². The maximum absolute atomic E-state index is 12.0. The van der Waals surface area contributed by atoms with Crippen molar-refractivity contribution < 1.29 is 13.5 Å². The molecule has 19 heavy (non-hydrogen) atoms. The van der Waals surface area contributed by atoms with Crippen molar-refractivity contribution in [2.45, 2.75) is 24.7 Å². The monoisotopic (exact) mass is 369 g/mol. The second kappa shape index (κ2) is 7.59. The number of sulfonamides is 1. The Morgan fingerprint density at radius 2 is 2.16 bits per heavy atom. The Hall–Kier alpha value is -0.140. The summed E-state index contributed by atoms with van der Waals surface area (Å²) in [4.78, 5) is 0.0765. The molecule has 0 spiro atoms. The molecule has 0 aliphatic heterocycles. The number of halogens is 2. The van der Waals surface area contributed by atoms with Crippen LogP contribution < -0.4 is 4.72 Å². The number of nitrogens with one attached hydrogen (secondary N) is 1. The van der Waals surface area contributed by atoms with E-state index in [9.17, 15) is 8.42 Å². The van der Waals surface area contributed by atoms with Crippen molar-refractivity contribution in [3.05, 3.63) is 27.7 Å². The van der Waals surface area contributed by atoms with E-state index >= 15 is 0 Å². The molecule has 0 saturated carbocycles. The SMILES string of the molecule is CC(CO)CCCNS(=O)(=O)c1ccc(Br)cc1Cl. The van der Waals surface area contributed by atoms with E-state index in [-0.39, 0.29) is 22.4 Å². The zero-order valence-electron chi connectivity index (χ0n) is 10.6. The quantitative estimate of drug-likeness (QED) is 0.725. The molecule has 2 N–H and O–H groups in total. The molecule has 0 aliphatic carbocycles. The van der Waals surface area contributed by atoms with Crippen molar-refractivity contribution in [1.82, 2.24) is 4.72 Å². The highest BCUT2D eigenvalue weighted by atomic mass is 79.9. The van der Waals surface area contributed by atoms with Crippen molar-refractivity contribution >= 4 is 37.6 Å². The molecular formula is C12H17BrClNO3S. The number of rotatable bonds is 7. The van der Waals surface area contributed by atoms with Crippen LogP contribution in [0.5, 0.6) is 0 Å². The topological polar surface area (TPSA) is 66.4 Å². The fraction of sp³-hybridized carbons (Fsp3) is 0.500. The average molecular weight is 371 g/mol. The third-order valence-electron chi connectivity index (χ3n) is 2.66. The molecule has 4 nitrogen and oxygen atoms in total. The minimum absolute atomic E-state index is 0.0765. The molecule has 1 rings (SSSR count). The molecule has 0 aromatic heterocycles. The van der Waals surface area contributed by atoms with Crippen molar-refractivity contribution in [3.63, 3.8) is 0 Å². The average Bonchev–Trinajstić information content (AvgIpc) is 2.33. The Labute approximate surface area is 127 Å². The molecule has 1 unspecified atom stereocenters. The first-order valence-electron chi connectivity index (χ1n) is 5.92. The van der Waals surface area contributed by atoms with Gasteiger partial charge in [0.15, 0.2) is 0 Å². The molecule has 0 bridgehead atoms. The summed E-state index contributed by atoms with van der Waals surface area (Å²) in [6.07, 6.45) is 1.45. The number of benzene rings is 1. The zero-order valence-corrected chi connectivity index (χ0v) is 13.7. The lowest BCUT2D eigenvalue weighted by atomic mass is 10.1. The van der Waals surface area contributed by atoms with Crippen molar-refractivity contribution in [1.29, 1.82) is 0 Å². The van der Waals surface area contributed by atoms with Crippen LogP contribution in [0.3, 0.4) is 0 Å². The first-order chi connectivity index (χ1) is 8.86. The maximum Gasteiger partial charge on any atom is 0.242 e. The normalized spacial score (nSPS) is 13.5. The van der Waals surface area contributed by atoms with Gasteiger partial charge < -0.3 is 5.11 Å². The predicted molar refractivity (Wildman–Crippen MR) is 79.8 cm³/mol. The standard InChI is InChI=1S/C12H17BrClNO3S/c1-9(8-16)3-2-6-15-19(17,18)12-5-4-10(13)7-11(12)14/h4-5,7,9,15-16H,2-3,6,8H2,1H3. The second-order valence-corrected chi connectivity index (χ2v) is 7.46. The fourth-order valence-electron chi connectivity index (χ4n) is 1.52. The van der Waals surface area contributed by atoms with Gasteiger partial charge in [-0.05, 0) is 37.0 Å². The van der Waals surface area contributed by atoms with Gasteiger partial charge >= 0.3 is 0 Å². The third-order valence-corrected chi connectivity index (χ3v) is 5.10. The molecule has 108 valence electrons. The summed E-state index contributed by atoms with van der Waals surface area (Å²) in [7, 11) is -3.58. The van der Waals surface area contributed by atoms with Crippen LogP contribution in [0.25, 0.3) is 0 Å². The van der Waals surface area contributed by atoms with E-state index in [1.54, 1.807) is 12.1 Å². The smallest absolute Gasteiger partial charge is 0.242 e. The lowest BCUT2D eigenvalue weighted by Crippen LogP contribution is -2.25. The van der Waals surface area contributed by atoms with Crippen LogP contribution in [0.1, 0.15) is 19.8 Å². The van der Waals surface area contributed by atoms with Gasteiger partial charge in [0.25, 0.3) is 0 Å². The molecule has 0 saturated heterocycles. The summed E-state index contributed by atoms with van der Waals surface area (Å²) in [6.45, 7) is 2.37. The fourth-order valence-corrected chi connectivity index (χ4v) is 3.63. The van der Waals surface area contributed by atoms with Gasteiger partial charge in [-0.3, -0.25) is 0 Å². The summed E-state index contributed by atoms with van der Waals surface area (Å²) in [5, 5.41) is 9.06. The first kappa shape index (κ1) is 16.9. The number of aliphatic hydroxyl groups excluding tert-OH is 1. The molecule has 0 radical (unpaired) electrons. The van der Waals surface area contributed by atoms with Crippen LogP contribution >= 0.6 is 27.5 Å². The van der Waals surface area contributed by atoms with Crippen LogP contribution in [0.2, 0.25) is 5.02 Å². The van der Waals surface area contributed by atoms with Gasteiger partial charge in [0.2, 0.25) is 10.0 Å². The third kappa shape index (κ3) is 5.39. The minimum atomic E-state index is -3.58. The molecule has 1 aromatic rings. The Balaban J connectivity index is 2.61. The Bertz CT molecular complexity index is 522. The van der Waals surface area contributed by atoms with E-state index in [0.717, 1.165) is 10.9 Å². The van der Waals surface area contributed by atoms with E-state index in [1.165, 1.54) is 6.07 Å². The number of hydrogen-bond donors (Lipinski definition) is 2. The van der Waals surface area contributed by atoms with Gasteiger partial charge in [0, 0.05) is 17.6 Å². The van der Waals surface area contributed by atoms with E-state index in [4.69, 9.17) is 16.7 Å². The van der Waals surface area contributed by atoms with Crippen LogP contribution in [0, 0.1) is 5.92 Å². The Kier molecular flexibility index (Phi) is 6.76. The molecule has 0 amide bonds. The van der Waals surface area contributed by atoms with E-state index < -0.39 is 10.0 Å². The van der Waals surface area contributed by atoms with E-state index in [1.807, 2.05) is 6.92 Å². The van der Waals surface area contributed by atoms with Crippen LogP contribution in [-0.4, -0.2) is 26.7 Å². The highest BCUT2D eigenvalue weighted by Gasteiger charge is 2.17. The van der Waals surface area contributed by atoms with Crippen LogP contribution in [0.15, 0.2) is 27.6 Å². The van der Waals surface area contributed by atoms with Gasteiger partial charge in [-0.1, -0.05) is 34.5 Å². The Morgan fingerprint density at radius 1 is 1.47 bits per heavy atom. The second-order valence-electron chi connectivity index (χ2n) is 4.40. The lowest BCUT2D eigenvalue weighted by molar-refractivity contribution is 0.228. The molecular weight excluding hydrogens is 354 g/mol. The highest BCUT2D eigenvalue weighted by Crippen LogP contribution is 2.25. The van der Waals surface area contributed by atoms with Crippen molar-refractivity contribution in [3.8, 4) is 0 Å². The summed E-state index contributed by atoms with van der Waals surface area (Å²) in [5.41, 5.74) is 0. The molecule has 1 atom stereocenters. The largest absolute Gasteiger partial charge is 0.396 e. The molecule has 0 heterocycles. The van der Waals surface area contributed by atoms with Crippen molar-refractivity contribution in [2.24, 2.45) is 5.92 Å². The summed E-state index contributed by atoms with van der Waals surface area (Å²) >= 11 is 9.14. The van der Waals surface area contributed by atoms with Crippen LogP contribution in [-0.2, 0) is 10.0 Å². The summed E-state index contributed by atoms with van der Waals surface area (Å²) < 4.78 is 27.3. The Morgan fingerprint density at radius 3 is 2.74 bits per heavy atom. The molecule has 0 aliphatic rings. The summed E-state index contributed by atoms with van der Waals surface area (Å²) in [5.74, 6) is 0.181. The highest BCUT2D eigenvalue weighted by molar-refractivity contribution is 9.10. The molecule has 0 fully saturated rings. The van der Waals surface area contributed by atoms with Gasteiger partial charge in [-0.25, -0.2) is 13.1 Å². The lowest BCUT2D eigenvalue weighted by Gasteiger charge is -2.10. The summed E-state index contributed by atoms with van der Waals surface area (Å²) in [6, 6.07) is 4.64. The van der Waals surface area contributed by atoms with Gasteiger partial charge in [-0.15, -0.1) is 0 Å². The van der Waals surface area contributed by atoms with Gasteiger partial charge in [0.1, 0.15) is 4.90 Å². The number of aliphatic hydroxyl groups is 1. The van der Waals surface area contributed by atoms with Gasteiger partial charge in [0.05, 0.1) is 5.02 Å².